The van der Waals surface area contributed by atoms with Gasteiger partial charge in [0.2, 0.25) is 0 Å². The van der Waals surface area contributed by atoms with Crippen molar-refractivity contribution in [1.82, 2.24) is 15.2 Å². The maximum atomic E-state index is 4.63. The lowest BCUT2D eigenvalue weighted by Crippen LogP contribution is -2.19. The van der Waals surface area contributed by atoms with Crippen molar-refractivity contribution in [3.05, 3.63) is 66.4 Å². The lowest BCUT2D eigenvalue weighted by Gasteiger charge is -2.21. The van der Waals surface area contributed by atoms with Crippen LogP contribution in [0.2, 0.25) is 0 Å². The van der Waals surface area contributed by atoms with Crippen molar-refractivity contribution in [2.75, 3.05) is 16.8 Å². The molecule has 0 radical (unpaired) electrons. The van der Waals surface area contributed by atoms with Crippen molar-refractivity contribution in [3.63, 3.8) is 0 Å². The van der Waals surface area contributed by atoms with Crippen LogP contribution in [0.25, 0.3) is 0 Å². The minimum atomic E-state index is 0.138. The molecule has 3 rings (SSSR count). The molecular weight excluding hydrogens is 322 g/mol. The van der Waals surface area contributed by atoms with E-state index in [1.54, 1.807) is 6.20 Å². The van der Waals surface area contributed by atoms with Crippen LogP contribution >= 0.6 is 0 Å². The standard InChI is InChI=1S/C21H25N5/c1-5-26(18-9-7-6-8-10-18)20-24-19(15-22-25-20)23-17-13-11-16(12-14-17)21(2,3)4/h6-15H,5H2,1-4H3,(H,23,24,25). The number of anilines is 4. The normalized spacial score (nSPS) is 11.2. The summed E-state index contributed by atoms with van der Waals surface area (Å²) < 4.78 is 0. The van der Waals surface area contributed by atoms with Crippen LogP contribution in [0.5, 0.6) is 0 Å². The third kappa shape index (κ3) is 4.17. The van der Waals surface area contributed by atoms with Gasteiger partial charge in [0.05, 0.1) is 6.20 Å². The summed E-state index contributed by atoms with van der Waals surface area (Å²) in [7, 11) is 0. The van der Waals surface area contributed by atoms with Crippen LogP contribution in [0.3, 0.4) is 0 Å². The quantitative estimate of drug-likeness (QED) is 0.698. The lowest BCUT2D eigenvalue weighted by molar-refractivity contribution is 0.590. The lowest BCUT2D eigenvalue weighted by atomic mass is 9.87. The van der Waals surface area contributed by atoms with Gasteiger partial charge in [-0.25, -0.2) is 0 Å². The topological polar surface area (TPSA) is 53.9 Å². The Hall–Kier alpha value is -2.95. The van der Waals surface area contributed by atoms with Crippen molar-refractivity contribution in [2.45, 2.75) is 33.1 Å². The van der Waals surface area contributed by atoms with Crippen molar-refractivity contribution < 1.29 is 0 Å². The van der Waals surface area contributed by atoms with Gasteiger partial charge in [-0.3, -0.25) is 0 Å². The molecule has 26 heavy (non-hydrogen) atoms. The van der Waals surface area contributed by atoms with E-state index >= 15 is 0 Å². The number of nitrogens with one attached hydrogen (secondary N) is 1. The molecule has 0 fully saturated rings. The zero-order valence-electron chi connectivity index (χ0n) is 15.8. The van der Waals surface area contributed by atoms with Gasteiger partial charge in [0.25, 0.3) is 5.95 Å². The van der Waals surface area contributed by atoms with E-state index in [0.29, 0.717) is 11.8 Å². The van der Waals surface area contributed by atoms with E-state index in [-0.39, 0.29) is 5.41 Å². The first-order valence-corrected chi connectivity index (χ1v) is 8.87. The number of hydrogen-bond acceptors (Lipinski definition) is 5. The van der Waals surface area contributed by atoms with Gasteiger partial charge < -0.3 is 10.2 Å². The predicted molar refractivity (Wildman–Crippen MR) is 107 cm³/mol. The zero-order chi connectivity index (χ0) is 18.6. The van der Waals surface area contributed by atoms with Crippen molar-refractivity contribution in [1.29, 1.82) is 0 Å². The Morgan fingerprint density at radius 1 is 0.962 bits per heavy atom. The second-order valence-corrected chi connectivity index (χ2v) is 7.17. The van der Waals surface area contributed by atoms with Crippen LogP contribution < -0.4 is 10.2 Å². The van der Waals surface area contributed by atoms with Crippen LogP contribution in [0, 0.1) is 0 Å². The largest absolute Gasteiger partial charge is 0.339 e. The summed E-state index contributed by atoms with van der Waals surface area (Å²) >= 11 is 0. The second kappa shape index (κ2) is 7.52. The van der Waals surface area contributed by atoms with Gasteiger partial charge in [-0.1, -0.05) is 51.1 Å². The molecule has 2 aromatic carbocycles. The van der Waals surface area contributed by atoms with E-state index in [1.165, 1.54) is 5.56 Å². The first-order valence-electron chi connectivity index (χ1n) is 8.87. The third-order valence-electron chi connectivity index (χ3n) is 4.20. The number of nitrogens with zero attached hydrogens (tertiary/aromatic N) is 4. The highest BCUT2D eigenvalue weighted by molar-refractivity contribution is 5.60. The summed E-state index contributed by atoms with van der Waals surface area (Å²) in [6.07, 6.45) is 1.64. The minimum absolute atomic E-state index is 0.138. The third-order valence-corrected chi connectivity index (χ3v) is 4.20. The molecule has 0 saturated carbocycles. The predicted octanol–water partition coefficient (Wildman–Crippen LogP) is 5.07. The molecule has 0 aliphatic rings. The van der Waals surface area contributed by atoms with Gasteiger partial charge >= 0.3 is 0 Å². The maximum absolute atomic E-state index is 4.63. The summed E-state index contributed by atoms with van der Waals surface area (Å²) in [5.41, 5.74) is 3.46. The Morgan fingerprint density at radius 3 is 2.27 bits per heavy atom. The first-order chi connectivity index (χ1) is 12.5. The molecule has 0 unspecified atom stereocenters. The van der Waals surface area contributed by atoms with E-state index in [4.69, 9.17) is 0 Å². The first kappa shape index (κ1) is 17.9. The van der Waals surface area contributed by atoms with E-state index in [2.05, 4.69) is 72.5 Å². The molecule has 5 nitrogen and oxygen atoms in total. The van der Waals surface area contributed by atoms with Crippen LogP contribution in [-0.4, -0.2) is 21.7 Å². The number of para-hydroxylation sites is 1. The molecule has 1 aromatic heterocycles. The number of hydrogen-bond donors (Lipinski definition) is 1. The highest BCUT2D eigenvalue weighted by Crippen LogP contribution is 2.25. The summed E-state index contributed by atoms with van der Waals surface area (Å²) in [5.74, 6) is 1.25. The van der Waals surface area contributed by atoms with Crippen molar-refractivity contribution in [2.24, 2.45) is 0 Å². The smallest absolute Gasteiger partial charge is 0.251 e. The number of rotatable bonds is 5. The Morgan fingerprint density at radius 2 is 1.65 bits per heavy atom. The molecule has 0 saturated heterocycles. The average Bonchev–Trinajstić information content (AvgIpc) is 2.63. The van der Waals surface area contributed by atoms with Crippen molar-refractivity contribution in [3.8, 4) is 0 Å². The van der Waals surface area contributed by atoms with Crippen LogP contribution in [0.4, 0.5) is 23.1 Å². The van der Waals surface area contributed by atoms with Gasteiger partial charge in [-0.05, 0) is 42.2 Å². The van der Waals surface area contributed by atoms with Gasteiger partial charge in [0.15, 0.2) is 5.82 Å². The fraction of sp³-hybridized carbons (Fsp3) is 0.286. The van der Waals surface area contributed by atoms with Gasteiger partial charge in [0.1, 0.15) is 0 Å². The molecule has 134 valence electrons. The molecule has 0 amide bonds. The summed E-state index contributed by atoms with van der Waals surface area (Å²) in [4.78, 5) is 6.66. The zero-order valence-corrected chi connectivity index (χ0v) is 15.8. The molecule has 5 heteroatoms. The maximum Gasteiger partial charge on any atom is 0.251 e. The van der Waals surface area contributed by atoms with E-state index in [0.717, 1.165) is 17.9 Å². The van der Waals surface area contributed by atoms with Crippen LogP contribution in [-0.2, 0) is 5.41 Å². The molecular formula is C21H25N5. The van der Waals surface area contributed by atoms with Crippen LogP contribution in [0.15, 0.2) is 60.8 Å². The summed E-state index contributed by atoms with van der Waals surface area (Å²) in [6, 6.07) is 18.5. The Kier molecular flexibility index (Phi) is 5.16. The molecule has 0 atom stereocenters. The Bertz CT molecular complexity index is 838. The second-order valence-electron chi connectivity index (χ2n) is 7.17. The summed E-state index contributed by atoms with van der Waals surface area (Å²) in [5, 5.41) is 11.6. The molecule has 0 spiro atoms. The molecule has 1 heterocycles. The average molecular weight is 347 g/mol. The Balaban J connectivity index is 1.81. The van der Waals surface area contributed by atoms with E-state index < -0.39 is 0 Å². The van der Waals surface area contributed by atoms with Gasteiger partial charge in [-0.2, -0.15) is 10.1 Å². The highest BCUT2D eigenvalue weighted by Gasteiger charge is 2.14. The summed E-state index contributed by atoms with van der Waals surface area (Å²) in [6.45, 7) is 9.45. The van der Waals surface area contributed by atoms with Gasteiger partial charge in [-0.15, -0.1) is 5.10 Å². The molecule has 0 bridgehead atoms. The highest BCUT2D eigenvalue weighted by atomic mass is 15.3. The molecule has 0 aliphatic heterocycles. The SMILES string of the molecule is CCN(c1ccccc1)c1nncc(Nc2ccc(C(C)(C)C)cc2)n1. The number of aromatic nitrogens is 3. The fourth-order valence-corrected chi connectivity index (χ4v) is 2.72. The molecule has 0 aliphatic carbocycles. The van der Waals surface area contributed by atoms with Crippen LogP contribution in [0.1, 0.15) is 33.3 Å². The van der Waals surface area contributed by atoms with E-state index in [1.807, 2.05) is 35.2 Å². The monoisotopic (exact) mass is 347 g/mol. The minimum Gasteiger partial charge on any atom is -0.339 e. The molecule has 3 aromatic rings. The van der Waals surface area contributed by atoms with E-state index in [9.17, 15) is 0 Å². The number of benzene rings is 2. The molecule has 1 N–H and O–H groups in total. The van der Waals surface area contributed by atoms with Gasteiger partial charge in [0, 0.05) is 17.9 Å². The Labute approximate surface area is 155 Å². The fourth-order valence-electron chi connectivity index (χ4n) is 2.72. The van der Waals surface area contributed by atoms with Crippen molar-refractivity contribution >= 4 is 23.1 Å².